The van der Waals surface area contributed by atoms with Crippen molar-refractivity contribution in [3.8, 4) is 0 Å². The molecule has 19 heavy (non-hydrogen) atoms. The van der Waals surface area contributed by atoms with Crippen LogP contribution < -0.4 is 11.1 Å². The Kier molecular flexibility index (Phi) is 4.92. The first-order valence-electron chi connectivity index (χ1n) is 6.27. The molecule has 1 rings (SSSR count). The number of carboxylic acid groups (broad SMARTS) is 1. The van der Waals surface area contributed by atoms with Crippen molar-refractivity contribution in [2.75, 3.05) is 5.73 Å². The van der Waals surface area contributed by atoms with E-state index in [2.05, 4.69) is 5.32 Å². The van der Waals surface area contributed by atoms with Gasteiger partial charge in [0.25, 0.3) is 5.91 Å². The molecular formula is C14H20N2O3. The molecule has 0 aliphatic carbocycles. The van der Waals surface area contributed by atoms with Crippen LogP contribution in [0.25, 0.3) is 0 Å². The molecule has 1 aromatic carbocycles. The van der Waals surface area contributed by atoms with Crippen molar-refractivity contribution < 1.29 is 14.7 Å². The van der Waals surface area contributed by atoms with E-state index in [9.17, 15) is 9.59 Å². The minimum absolute atomic E-state index is 0.136. The van der Waals surface area contributed by atoms with Gasteiger partial charge in [0.2, 0.25) is 0 Å². The van der Waals surface area contributed by atoms with Crippen LogP contribution in [0.5, 0.6) is 0 Å². The number of carboxylic acids is 1. The average Bonchev–Trinajstić information content (AvgIpc) is 2.37. The summed E-state index contributed by atoms with van der Waals surface area (Å²) in [5, 5.41) is 11.7. The number of aliphatic carboxylic acids is 1. The fourth-order valence-electron chi connectivity index (χ4n) is 1.80. The van der Waals surface area contributed by atoms with Crippen LogP contribution in [0, 0.1) is 12.8 Å². The van der Waals surface area contributed by atoms with Gasteiger partial charge in [0, 0.05) is 11.3 Å². The molecule has 5 nitrogen and oxygen atoms in total. The quantitative estimate of drug-likeness (QED) is 0.707. The van der Waals surface area contributed by atoms with E-state index in [-0.39, 0.29) is 5.92 Å². The highest BCUT2D eigenvalue weighted by molar-refractivity contribution is 5.98. The molecule has 0 aliphatic heterocycles. The minimum atomic E-state index is -1.02. The number of nitrogens with one attached hydrogen (secondary N) is 1. The van der Waals surface area contributed by atoms with E-state index in [0.717, 1.165) is 0 Å². The van der Waals surface area contributed by atoms with Crippen molar-refractivity contribution in [1.82, 2.24) is 5.32 Å². The van der Waals surface area contributed by atoms with Crippen molar-refractivity contribution in [3.63, 3.8) is 0 Å². The molecular weight excluding hydrogens is 244 g/mol. The van der Waals surface area contributed by atoms with Crippen LogP contribution in [0.2, 0.25) is 0 Å². The molecule has 0 saturated heterocycles. The molecule has 0 aliphatic rings. The van der Waals surface area contributed by atoms with Crippen molar-refractivity contribution in [2.45, 2.75) is 33.2 Å². The summed E-state index contributed by atoms with van der Waals surface area (Å²) in [5.74, 6) is -1.57. The number of hydrogen-bond donors (Lipinski definition) is 3. The van der Waals surface area contributed by atoms with Crippen LogP contribution >= 0.6 is 0 Å². The smallest absolute Gasteiger partial charge is 0.326 e. The van der Waals surface area contributed by atoms with E-state index < -0.39 is 17.9 Å². The van der Waals surface area contributed by atoms with Crippen molar-refractivity contribution >= 4 is 17.6 Å². The lowest BCUT2D eigenvalue weighted by molar-refractivity contribution is -0.140. The van der Waals surface area contributed by atoms with E-state index in [1.807, 2.05) is 6.92 Å². The molecule has 0 fully saturated rings. The SMILES string of the molecule is CC[C@H](C)[C@H](NC(=O)c1cccc(N)c1C)C(=O)O. The number of benzene rings is 1. The van der Waals surface area contributed by atoms with Crippen LogP contribution in [0.1, 0.15) is 36.2 Å². The Hall–Kier alpha value is -2.04. The number of hydrogen-bond acceptors (Lipinski definition) is 3. The normalized spacial score (nSPS) is 13.6. The highest BCUT2D eigenvalue weighted by Crippen LogP contribution is 2.16. The number of anilines is 1. The van der Waals surface area contributed by atoms with Gasteiger partial charge < -0.3 is 16.2 Å². The fourth-order valence-corrected chi connectivity index (χ4v) is 1.80. The van der Waals surface area contributed by atoms with Gasteiger partial charge in [-0.1, -0.05) is 26.3 Å². The predicted octanol–water partition coefficient (Wildman–Crippen LogP) is 1.81. The Bertz CT molecular complexity index is 486. The molecule has 5 heteroatoms. The Morgan fingerprint density at radius 2 is 2.05 bits per heavy atom. The largest absolute Gasteiger partial charge is 0.480 e. The molecule has 0 bridgehead atoms. The molecule has 4 N–H and O–H groups in total. The Labute approximate surface area is 112 Å². The number of carbonyl (C=O) groups is 2. The number of carbonyl (C=O) groups excluding carboxylic acids is 1. The first-order chi connectivity index (χ1) is 8.88. The van der Waals surface area contributed by atoms with E-state index in [1.165, 1.54) is 0 Å². The minimum Gasteiger partial charge on any atom is -0.480 e. The topological polar surface area (TPSA) is 92.4 Å². The highest BCUT2D eigenvalue weighted by Gasteiger charge is 2.26. The summed E-state index contributed by atoms with van der Waals surface area (Å²) >= 11 is 0. The second-order valence-electron chi connectivity index (χ2n) is 4.69. The van der Waals surface area contributed by atoms with Crippen LogP contribution in [0.3, 0.4) is 0 Å². The standard InChI is InChI=1S/C14H20N2O3/c1-4-8(2)12(14(18)19)16-13(17)10-6-5-7-11(15)9(10)3/h5-8,12H,4,15H2,1-3H3,(H,16,17)(H,18,19)/t8-,12-/m0/s1. The monoisotopic (exact) mass is 264 g/mol. The Morgan fingerprint density at radius 1 is 1.42 bits per heavy atom. The summed E-state index contributed by atoms with van der Waals surface area (Å²) in [6.45, 7) is 5.42. The Morgan fingerprint density at radius 3 is 2.58 bits per heavy atom. The van der Waals surface area contributed by atoms with Gasteiger partial charge in [-0.2, -0.15) is 0 Å². The van der Waals surface area contributed by atoms with E-state index in [0.29, 0.717) is 23.2 Å². The fraction of sp³-hybridized carbons (Fsp3) is 0.429. The molecule has 0 spiro atoms. The van der Waals surface area contributed by atoms with Gasteiger partial charge in [0.05, 0.1) is 0 Å². The lowest BCUT2D eigenvalue weighted by Gasteiger charge is -2.20. The number of nitrogens with two attached hydrogens (primary N) is 1. The molecule has 1 amide bonds. The van der Waals surface area contributed by atoms with Gasteiger partial charge in [-0.05, 0) is 30.5 Å². The second kappa shape index (κ2) is 6.22. The summed E-state index contributed by atoms with van der Waals surface area (Å²) in [4.78, 5) is 23.3. The van der Waals surface area contributed by atoms with Crippen LogP contribution in [-0.4, -0.2) is 23.0 Å². The average molecular weight is 264 g/mol. The van der Waals surface area contributed by atoms with E-state index in [4.69, 9.17) is 10.8 Å². The third kappa shape index (κ3) is 3.47. The molecule has 0 aromatic heterocycles. The van der Waals surface area contributed by atoms with Gasteiger partial charge >= 0.3 is 5.97 Å². The summed E-state index contributed by atoms with van der Waals surface area (Å²) in [6, 6.07) is 4.13. The first kappa shape index (κ1) is 15.0. The van der Waals surface area contributed by atoms with Crippen molar-refractivity contribution in [3.05, 3.63) is 29.3 Å². The number of nitrogen functional groups attached to an aromatic ring is 1. The third-order valence-electron chi connectivity index (χ3n) is 3.39. The molecule has 1 aromatic rings. The molecule has 0 saturated carbocycles. The summed E-state index contributed by atoms with van der Waals surface area (Å²) in [5.41, 5.74) is 7.33. The lowest BCUT2D eigenvalue weighted by atomic mass is 9.98. The molecule has 2 atom stereocenters. The Balaban J connectivity index is 2.94. The van der Waals surface area contributed by atoms with Gasteiger partial charge in [-0.3, -0.25) is 4.79 Å². The summed E-state index contributed by atoms with van der Waals surface area (Å²) < 4.78 is 0. The summed E-state index contributed by atoms with van der Waals surface area (Å²) in [6.07, 6.45) is 0.674. The zero-order valence-electron chi connectivity index (χ0n) is 11.4. The maximum Gasteiger partial charge on any atom is 0.326 e. The second-order valence-corrected chi connectivity index (χ2v) is 4.69. The number of amides is 1. The summed E-state index contributed by atoms with van der Waals surface area (Å²) in [7, 11) is 0. The van der Waals surface area contributed by atoms with Gasteiger partial charge in [-0.25, -0.2) is 4.79 Å². The zero-order chi connectivity index (χ0) is 14.6. The van der Waals surface area contributed by atoms with Gasteiger partial charge in [0.1, 0.15) is 6.04 Å². The van der Waals surface area contributed by atoms with Crippen LogP contribution in [0.15, 0.2) is 18.2 Å². The molecule has 104 valence electrons. The van der Waals surface area contributed by atoms with Crippen LogP contribution in [-0.2, 0) is 4.79 Å². The van der Waals surface area contributed by atoms with E-state index in [1.54, 1.807) is 32.0 Å². The van der Waals surface area contributed by atoms with Gasteiger partial charge in [-0.15, -0.1) is 0 Å². The maximum absolute atomic E-state index is 12.1. The zero-order valence-corrected chi connectivity index (χ0v) is 11.4. The highest BCUT2D eigenvalue weighted by atomic mass is 16.4. The van der Waals surface area contributed by atoms with E-state index >= 15 is 0 Å². The first-order valence-corrected chi connectivity index (χ1v) is 6.27. The third-order valence-corrected chi connectivity index (χ3v) is 3.39. The predicted molar refractivity (Wildman–Crippen MR) is 73.9 cm³/mol. The van der Waals surface area contributed by atoms with Gasteiger partial charge in [0.15, 0.2) is 0 Å². The molecule has 0 radical (unpaired) electrons. The maximum atomic E-state index is 12.1. The number of rotatable bonds is 5. The van der Waals surface area contributed by atoms with Crippen molar-refractivity contribution in [2.24, 2.45) is 5.92 Å². The molecule has 0 unspecified atom stereocenters. The van der Waals surface area contributed by atoms with Crippen LogP contribution in [0.4, 0.5) is 5.69 Å². The molecule has 0 heterocycles. The lowest BCUT2D eigenvalue weighted by Crippen LogP contribution is -2.45. The van der Waals surface area contributed by atoms with Crippen molar-refractivity contribution in [1.29, 1.82) is 0 Å².